The van der Waals surface area contributed by atoms with Crippen molar-refractivity contribution in [3.05, 3.63) is 71.6 Å². The molecule has 0 saturated heterocycles. The molecule has 0 bridgehead atoms. The number of fused-ring (bicyclic) bond motifs is 4. The summed E-state index contributed by atoms with van der Waals surface area (Å²) in [5, 5.41) is 9.26. The fourth-order valence-electron chi connectivity index (χ4n) is 4.03. The van der Waals surface area contributed by atoms with E-state index in [2.05, 4.69) is 16.0 Å². The average Bonchev–Trinajstić information content (AvgIpc) is 3.21. The predicted molar refractivity (Wildman–Crippen MR) is 119 cm³/mol. The highest BCUT2D eigenvalue weighted by Crippen LogP contribution is 2.53. The van der Waals surface area contributed by atoms with Crippen LogP contribution in [-0.2, 0) is 10.3 Å². The van der Waals surface area contributed by atoms with Crippen molar-refractivity contribution in [3.8, 4) is 34.4 Å². The Hall–Kier alpha value is -4.19. The van der Waals surface area contributed by atoms with E-state index in [1.165, 1.54) is 6.07 Å². The Balaban J connectivity index is 1.68. The van der Waals surface area contributed by atoms with Crippen molar-refractivity contribution in [2.75, 3.05) is 13.2 Å². The predicted octanol–water partition coefficient (Wildman–Crippen LogP) is 4.65. The molecule has 2 aliphatic heterocycles. The Bertz CT molecular complexity index is 1370. The van der Waals surface area contributed by atoms with Crippen molar-refractivity contribution in [1.29, 1.82) is 5.26 Å². The van der Waals surface area contributed by atoms with Crippen LogP contribution in [0.15, 0.2) is 53.8 Å². The van der Waals surface area contributed by atoms with Gasteiger partial charge in [-0.3, -0.25) is 4.98 Å². The highest BCUT2D eigenvalue weighted by Gasteiger charge is 2.48. The lowest BCUT2D eigenvalue weighted by molar-refractivity contribution is 0.223. The maximum absolute atomic E-state index is 15.2. The number of aromatic nitrogens is 1. The number of hydrogen-bond donors (Lipinski definition) is 1. The lowest BCUT2D eigenvalue weighted by Crippen LogP contribution is -2.32. The number of benzene rings is 2. The van der Waals surface area contributed by atoms with E-state index < -0.39 is 22.6 Å². The number of nitrogens with two attached hydrogens (primary N) is 1. The van der Waals surface area contributed by atoms with Gasteiger partial charge in [-0.05, 0) is 32.0 Å². The number of nitriles is 1. The Morgan fingerprint density at radius 1 is 1.21 bits per heavy atom. The van der Waals surface area contributed by atoms with Crippen LogP contribution in [0, 0.1) is 28.4 Å². The van der Waals surface area contributed by atoms with Crippen LogP contribution in [0.5, 0.6) is 17.2 Å². The summed E-state index contributed by atoms with van der Waals surface area (Å²) in [6, 6.07) is 11.0. The van der Waals surface area contributed by atoms with E-state index in [-0.39, 0.29) is 42.0 Å². The van der Waals surface area contributed by atoms with Crippen LogP contribution in [0.4, 0.5) is 8.78 Å². The van der Waals surface area contributed by atoms with Gasteiger partial charge in [-0.2, -0.15) is 5.26 Å². The molecular formula is C25H20F2N4O3. The zero-order chi connectivity index (χ0) is 24.1. The van der Waals surface area contributed by atoms with E-state index in [4.69, 9.17) is 19.9 Å². The van der Waals surface area contributed by atoms with E-state index in [1.807, 2.05) is 0 Å². The van der Waals surface area contributed by atoms with Crippen molar-refractivity contribution in [2.24, 2.45) is 16.1 Å². The van der Waals surface area contributed by atoms with Gasteiger partial charge in [-0.15, -0.1) is 0 Å². The van der Waals surface area contributed by atoms with E-state index in [0.717, 1.165) is 6.07 Å². The molecule has 2 N–H and O–H groups in total. The lowest BCUT2D eigenvalue weighted by Gasteiger charge is -2.34. The number of aliphatic imine (C=N–C) groups is 1. The maximum Gasteiger partial charge on any atom is 0.283 e. The zero-order valence-corrected chi connectivity index (χ0v) is 18.4. The van der Waals surface area contributed by atoms with Gasteiger partial charge in [-0.25, -0.2) is 13.8 Å². The summed E-state index contributed by atoms with van der Waals surface area (Å²) in [5.74, 6) is -1.08. The fraction of sp³-hybridized carbons (Fsp3) is 0.240. The van der Waals surface area contributed by atoms with Crippen LogP contribution in [0.1, 0.15) is 25.0 Å². The van der Waals surface area contributed by atoms with Gasteiger partial charge in [0.05, 0.1) is 11.5 Å². The Kier molecular flexibility index (Phi) is 4.90. The largest absolute Gasteiger partial charge is 0.492 e. The second-order valence-corrected chi connectivity index (χ2v) is 8.84. The summed E-state index contributed by atoms with van der Waals surface area (Å²) in [6.45, 7) is 3.44. The monoisotopic (exact) mass is 462 g/mol. The van der Waals surface area contributed by atoms with E-state index >= 15 is 8.78 Å². The average molecular weight is 462 g/mol. The van der Waals surface area contributed by atoms with Gasteiger partial charge in [0.1, 0.15) is 30.5 Å². The Labute approximate surface area is 194 Å². The minimum Gasteiger partial charge on any atom is -0.492 e. The smallest absolute Gasteiger partial charge is 0.283 e. The molecule has 1 atom stereocenters. The number of halogens is 2. The minimum absolute atomic E-state index is 0.0348. The Morgan fingerprint density at radius 3 is 2.71 bits per heavy atom. The second-order valence-electron chi connectivity index (χ2n) is 8.84. The zero-order valence-electron chi connectivity index (χ0n) is 18.4. The highest BCUT2D eigenvalue weighted by atomic mass is 19.1. The molecule has 1 aromatic heterocycles. The summed E-state index contributed by atoms with van der Waals surface area (Å²) in [6.07, 6.45) is 3.13. The Morgan fingerprint density at radius 2 is 2.03 bits per heavy atom. The molecule has 2 aliphatic rings. The van der Waals surface area contributed by atoms with Gasteiger partial charge >= 0.3 is 0 Å². The molecule has 1 spiro atoms. The van der Waals surface area contributed by atoms with E-state index in [1.54, 1.807) is 50.5 Å². The molecule has 5 rings (SSSR count). The SMILES string of the molecule is CC(C)(C#N)COc1cc(F)c2c(c1)[C@]1(COC(N)=N1)c1cc(-c3cccnc3)c(F)cc1O2. The first-order valence-electron chi connectivity index (χ1n) is 10.5. The summed E-state index contributed by atoms with van der Waals surface area (Å²) < 4.78 is 47.3. The first-order valence-corrected chi connectivity index (χ1v) is 10.5. The van der Waals surface area contributed by atoms with Crippen LogP contribution < -0.4 is 15.2 Å². The first-order chi connectivity index (χ1) is 16.2. The van der Waals surface area contributed by atoms with Crippen LogP contribution >= 0.6 is 0 Å². The number of rotatable bonds is 4. The van der Waals surface area contributed by atoms with Gasteiger partial charge in [0.15, 0.2) is 17.1 Å². The van der Waals surface area contributed by atoms with Gasteiger partial charge in [0.2, 0.25) is 0 Å². The molecule has 0 saturated carbocycles. The molecule has 3 aromatic rings. The van der Waals surface area contributed by atoms with Crippen molar-refractivity contribution in [1.82, 2.24) is 4.98 Å². The van der Waals surface area contributed by atoms with Crippen molar-refractivity contribution in [3.63, 3.8) is 0 Å². The number of pyridine rings is 1. The first kappa shape index (κ1) is 21.6. The maximum atomic E-state index is 15.2. The van der Waals surface area contributed by atoms with Crippen LogP contribution in [0.2, 0.25) is 0 Å². The van der Waals surface area contributed by atoms with Gasteiger partial charge < -0.3 is 19.9 Å². The number of ether oxygens (including phenoxy) is 3. The van der Waals surface area contributed by atoms with Gasteiger partial charge in [0, 0.05) is 46.8 Å². The van der Waals surface area contributed by atoms with E-state index in [0.29, 0.717) is 16.7 Å². The summed E-state index contributed by atoms with van der Waals surface area (Å²) in [4.78, 5) is 8.58. The van der Waals surface area contributed by atoms with Crippen molar-refractivity contribution >= 4 is 6.02 Å². The third-order valence-corrected chi connectivity index (χ3v) is 5.79. The molecule has 2 aromatic carbocycles. The van der Waals surface area contributed by atoms with Crippen LogP contribution in [-0.4, -0.2) is 24.2 Å². The quantitative estimate of drug-likeness (QED) is 0.606. The van der Waals surface area contributed by atoms with Crippen LogP contribution in [0.25, 0.3) is 11.1 Å². The molecule has 3 heterocycles. The fourth-order valence-corrected chi connectivity index (χ4v) is 4.03. The van der Waals surface area contributed by atoms with Gasteiger partial charge in [0.25, 0.3) is 6.02 Å². The standard InChI is InChI=1S/C25H20F2N4O3/c1-24(2,11-28)12-32-15-6-18-22(20(27)7-15)34-21-9-19(26)16(14-4-3-5-30-10-14)8-17(21)25(18)13-33-23(29)31-25/h3-10H,12-13H2,1-2H3,(H2,29,31)/t25-/m0/s1. The molecule has 0 radical (unpaired) electrons. The third kappa shape index (κ3) is 3.48. The molecule has 172 valence electrons. The minimum atomic E-state index is -1.28. The molecule has 9 heteroatoms. The molecule has 34 heavy (non-hydrogen) atoms. The van der Waals surface area contributed by atoms with E-state index in [9.17, 15) is 5.26 Å². The molecule has 0 aliphatic carbocycles. The summed E-state index contributed by atoms with van der Waals surface area (Å²) in [7, 11) is 0. The second kappa shape index (κ2) is 7.70. The number of hydrogen-bond acceptors (Lipinski definition) is 7. The third-order valence-electron chi connectivity index (χ3n) is 5.79. The topological polar surface area (TPSA) is 103 Å². The van der Waals surface area contributed by atoms with Gasteiger partial charge in [-0.1, -0.05) is 6.07 Å². The van der Waals surface area contributed by atoms with Crippen LogP contribution in [0.3, 0.4) is 0 Å². The number of amidine groups is 1. The number of nitrogens with zero attached hydrogens (tertiary/aromatic N) is 3. The summed E-state index contributed by atoms with van der Waals surface area (Å²) >= 11 is 0. The lowest BCUT2D eigenvalue weighted by atomic mass is 9.80. The molecule has 7 nitrogen and oxygen atoms in total. The van der Waals surface area contributed by atoms with Crippen molar-refractivity contribution < 1.29 is 23.0 Å². The molecule has 0 unspecified atom stereocenters. The normalized spacial score (nSPS) is 18.3. The van der Waals surface area contributed by atoms with Crippen molar-refractivity contribution in [2.45, 2.75) is 19.4 Å². The summed E-state index contributed by atoms with van der Waals surface area (Å²) in [5.41, 5.74) is 5.47. The molecule has 0 fully saturated rings. The highest BCUT2D eigenvalue weighted by molar-refractivity contribution is 5.78. The molecule has 0 amide bonds. The molecular weight excluding hydrogens is 442 g/mol.